The van der Waals surface area contributed by atoms with Gasteiger partial charge in [-0.3, -0.25) is 4.99 Å². The van der Waals surface area contributed by atoms with Crippen molar-refractivity contribution in [2.45, 2.75) is 27.2 Å². The maximum Gasteiger partial charge on any atom is 0.188 e. The number of halogens is 1. The molecule has 0 aromatic heterocycles. The van der Waals surface area contributed by atoms with Gasteiger partial charge in [0, 0.05) is 6.54 Å². The topological polar surface area (TPSA) is 59.6 Å². The average molecular weight is 391 g/mol. The number of hydrogen-bond donors (Lipinski definition) is 2. The smallest absolute Gasteiger partial charge is 0.188 e. The van der Waals surface area contributed by atoms with E-state index in [2.05, 4.69) is 24.2 Å². The van der Waals surface area contributed by atoms with Crippen molar-refractivity contribution in [3.63, 3.8) is 0 Å². The van der Waals surface area contributed by atoms with Crippen LogP contribution in [0.15, 0.2) is 29.3 Å². The number of benzene rings is 1. The molecule has 0 saturated carbocycles. The molecular formula is C15H26IN3O. The minimum Gasteiger partial charge on any atom is -0.492 e. The van der Waals surface area contributed by atoms with Crippen LogP contribution in [-0.2, 0) is 0 Å². The maximum absolute atomic E-state index is 5.75. The van der Waals surface area contributed by atoms with Crippen molar-refractivity contribution in [2.24, 2.45) is 16.6 Å². The summed E-state index contributed by atoms with van der Waals surface area (Å²) in [6, 6.07) is 8.00. The van der Waals surface area contributed by atoms with E-state index in [-0.39, 0.29) is 24.0 Å². The lowest BCUT2D eigenvalue weighted by Gasteiger charge is -2.09. The number of guanidine groups is 1. The van der Waals surface area contributed by atoms with E-state index in [1.54, 1.807) is 0 Å². The second kappa shape index (κ2) is 10.8. The Balaban J connectivity index is 0.00000361. The molecule has 0 aliphatic carbocycles. The SMILES string of the molecule is Cc1cccc(OCCNC(N)=NCCC(C)C)c1.I. The minimum atomic E-state index is 0. The fourth-order valence-electron chi connectivity index (χ4n) is 1.55. The van der Waals surface area contributed by atoms with E-state index in [4.69, 9.17) is 10.5 Å². The maximum atomic E-state index is 5.75. The van der Waals surface area contributed by atoms with Gasteiger partial charge in [-0.1, -0.05) is 26.0 Å². The summed E-state index contributed by atoms with van der Waals surface area (Å²) in [5.74, 6) is 2.03. The molecule has 0 aliphatic rings. The molecule has 0 saturated heterocycles. The molecule has 1 aromatic carbocycles. The summed E-state index contributed by atoms with van der Waals surface area (Å²) >= 11 is 0. The first kappa shape index (κ1) is 19.0. The molecule has 4 nitrogen and oxygen atoms in total. The fourth-order valence-corrected chi connectivity index (χ4v) is 1.55. The van der Waals surface area contributed by atoms with Crippen molar-refractivity contribution in [3.8, 4) is 5.75 Å². The van der Waals surface area contributed by atoms with Crippen molar-refractivity contribution in [2.75, 3.05) is 19.7 Å². The van der Waals surface area contributed by atoms with Gasteiger partial charge in [-0.2, -0.15) is 0 Å². The van der Waals surface area contributed by atoms with Crippen LogP contribution < -0.4 is 15.8 Å². The zero-order valence-electron chi connectivity index (χ0n) is 12.6. The Kier molecular flexibility index (Phi) is 10.2. The van der Waals surface area contributed by atoms with Crippen LogP contribution in [0, 0.1) is 12.8 Å². The molecule has 0 radical (unpaired) electrons. The number of rotatable bonds is 7. The predicted molar refractivity (Wildman–Crippen MR) is 96.0 cm³/mol. The number of nitrogens with one attached hydrogen (secondary N) is 1. The van der Waals surface area contributed by atoms with Crippen LogP contribution in [0.5, 0.6) is 5.75 Å². The molecule has 0 atom stereocenters. The van der Waals surface area contributed by atoms with Crippen LogP contribution in [0.2, 0.25) is 0 Å². The first-order valence-electron chi connectivity index (χ1n) is 6.81. The standard InChI is InChI=1S/C15H25N3O.HI/c1-12(2)7-8-17-15(16)18-9-10-19-14-6-4-5-13(3)11-14;/h4-6,11-12H,7-10H2,1-3H3,(H3,16,17,18);1H. The number of nitrogens with two attached hydrogens (primary N) is 1. The van der Waals surface area contributed by atoms with Crippen LogP contribution in [0.4, 0.5) is 0 Å². The van der Waals surface area contributed by atoms with Gasteiger partial charge in [0.15, 0.2) is 5.96 Å². The van der Waals surface area contributed by atoms with Gasteiger partial charge in [0.05, 0.1) is 6.54 Å². The quantitative estimate of drug-likeness (QED) is 0.325. The Morgan fingerprint density at radius 2 is 2.15 bits per heavy atom. The summed E-state index contributed by atoms with van der Waals surface area (Å²) in [5, 5.41) is 3.04. The molecule has 0 spiro atoms. The monoisotopic (exact) mass is 391 g/mol. The van der Waals surface area contributed by atoms with Crippen LogP contribution in [0.3, 0.4) is 0 Å². The third-order valence-electron chi connectivity index (χ3n) is 2.66. The molecule has 114 valence electrons. The van der Waals surface area contributed by atoms with Crippen molar-refractivity contribution in [1.29, 1.82) is 0 Å². The normalized spacial score (nSPS) is 11.1. The zero-order chi connectivity index (χ0) is 14.1. The number of aryl methyl sites for hydroxylation is 1. The lowest BCUT2D eigenvalue weighted by Crippen LogP contribution is -2.34. The molecule has 1 aromatic rings. The largest absolute Gasteiger partial charge is 0.492 e. The van der Waals surface area contributed by atoms with Crippen LogP contribution >= 0.6 is 24.0 Å². The molecule has 0 unspecified atom stereocenters. The first-order chi connectivity index (χ1) is 9.08. The number of hydrogen-bond acceptors (Lipinski definition) is 2. The molecule has 20 heavy (non-hydrogen) atoms. The number of aliphatic imine (C=N–C) groups is 1. The van der Waals surface area contributed by atoms with Crippen molar-refractivity contribution >= 4 is 29.9 Å². The number of ether oxygens (including phenoxy) is 1. The molecular weight excluding hydrogens is 365 g/mol. The summed E-state index contributed by atoms with van der Waals surface area (Å²) in [6.45, 7) is 8.40. The van der Waals surface area contributed by atoms with Gasteiger partial charge in [0.1, 0.15) is 12.4 Å². The van der Waals surface area contributed by atoms with Crippen LogP contribution in [0.1, 0.15) is 25.8 Å². The summed E-state index contributed by atoms with van der Waals surface area (Å²) in [5.41, 5.74) is 6.94. The summed E-state index contributed by atoms with van der Waals surface area (Å²) in [7, 11) is 0. The molecule has 3 N–H and O–H groups in total. The van der Waals surface area contributed by atoms with Crippen LogP contribution in [0.25, 0.3) is 0 Å². The van der Waals surface area contributed by atoms with Crippen LogP contribution in [-0.4, -0.2) is 25.7 Å². The molecule has 0 bridgehead atoms. The third-order valence-corrected chi connectivity index (χ3v) is 2.66. The average Bonchev–Trinajstić information content (AvgIpc) is 2.34. The Morgan fingerprint density at radius 1 is 1.40 bits per heavy atom. The van der Waals surface area contributed by atoms with Gasteiger partial charge >= 0.3 is 0 Å². The van der Waals surface area contributed by atoms with E-state index in [0.717, 1.165) is 18.7 Å². The minimum absolute atomic E-state index is 0. The van der Waals surface area contributed by atoms with E-state index in [9.17, 15) is 0 Å². The highest BCUT2D eigenvalue weighted by Crippen LogP contribution is 2.11. The summed E-state index contributed by atoms with van der Waals surface area (Å²) in [4.78, 5) is 4.25. The molecule has 0 aliphatic heterocycles. The zero-order valence-corrected chi connectivity index (χ0v) is 14.9. The van der Waals surface area contributed by atoms with Gasteiger partial charge in [0.2, 0.25) is 0 Å². The Labute approximate surface area is 139 Å². The lowest BCUT2D eigenvalue weighted by atomic mass is 10.1. The van der Waals surface area contributed by atoms with E-state index in [1.165, 1.54) is 5.56 Å². The Morgan fingerprint density at radius 3 is 2.80 bits per heavy atom. The fraction of sp³-hybridized carbons (Fsp3) is 0.533. The second-order valence-electron chi connectivity index (χ2n) is 5.04. The van der Waals surface area contributed by atoms with E-state index in [0.29, 0.717) is 25.0 Å². The molecule has 5 heteroatoms. The predicted octanol–water partition coefficient (Wildman–Crippen LogP) is 2.94. The molecule has 1 rings (SSSR count). The van der Waals surface area contributed by atoms with Crippen molar-refractivity contribution < 1.29 is 4.74 Å². The van der Waals surface area contributed by atoms with E-state index >= 15 is 0 Å². The van der Waals surface area contributed by atoms with Gasteiger partial charge < -0.3 is 15.8 Å². The first-order valence-corrected chi connectivity index (χ1v) is 6.81. The Bertz CT molecular complexity index is 408. The molecule has 0 heterocycles. The number of nitrogens with zero attached hydrogens (tertiary/aromatic N) is 1. The Hall–Kier alpha value is -0.980. The van der Waals surface area contributed by atoms with Gasteiger partial charge in [-0.05, 0) is 37.0 Å². The highest BCUT2D eigenvalue weighted by Gasteiger charge is 1.96. The summed E-state index contributed by atoms with van der Waals surface area (Å²) in [6.07, 6.45) is 1.06. The van der Waals surface area contributed by atoms with Crippen molar-refractivity contribution in [1.82, 2.24) is 5.32 Å². The van der Waals surface area contributed by atoms with Gasteiger partial charge in [-0.25, -0.2) is 0 Å². The highest BCUT2D eigenvalue weighted by atomic mass is 127. The third kappa shape index (κ3) is 9.01. The van der Waals surface area contributed by atoms with Gasteiger partial charge in [-0.15, -0.1) is 24.0 Å². The lowest BCUT2D eigenvalue weighted by molar-refractivity contribution is 0.322. The summed E-state index contributed by atoms with van der Waals surface area (Å²) < 4.78 is 5.61. The molecule has 0 fully saturated rings. The van der Waals surface area contributed by atoms with Gasteiger partial charge in [0.25, 0.3) is 0 Å². The van der Waals surface area contributed by atoms with Crippen molar-refractivity contribution in [3.05, 3.63) is 29.8 Å². The molecule has 0 amide bonds. The van der Waals surface area contributed by atoms with E-state index in [1.807, 2.05) is 31.2 Å². The highest BCUT2D eigenvalue weighted by molar-refractivity contribution is 14.0. The van der Waals surface area contributed by atoms with E-state index < -0.39 is 0 Å². The second-order valence-corrected chi connectivity index (χ2v) is 5.04.